The highest BCUT2D eigenvalue weighted by molar-refractivity contribution is 7.93. The molecule has 2 heterocycles. The number of fused-ring (bicyclic) bond motifs is 1. The van der Waals surface area contributed by atoms with Gasteiger partial charge in [-0.05, 0) is 27.4 Å². The van der Waals surface area contributed by atoms with E-state index in [1.807, 2.05) is 0 Å². The van der Waals surface area contributed by atoms with Crippen LogP contribution >= 0.6 is 0 Å². The van der Waals surface area contributed by atoms with E-state index in [9.17, 15) is 34.8 Å². The standard InChI is InChI=1S/C20H16F3N7O6S2/c21-20(22,23)19(31)36-15(24)9-37(32,33)14-6-5-12(13-8-26-7-10-3-1-2-4-11(10)13)16(17(14)38(25,34)35)18-27-29-30-28-18/h1-8,15H,9,24H2,(H2,25,34,35)(H,27,28,29,30). The van der Waals surface area contributed by atoms with Crippen molar-refractivity contribution in [2.24, 2.45) is 10.9 Å². The van der Waals surface area contributed by atoms with Crippen LogP contribution in [0.5, 0.6) is 0 Å². The number of carbonyl (C=O) groups excluding carboxylic acids is 1. The van der Waals surface area contributed by atoms with Crippen LogP contribution in [0.2, 0.25) is 0 Å². The fourth-order valence-corrected chi connectivity index (χ4v) is 6.60. The fraction of sp³-hybridized carbons (Fsp3) is 0.150. The van der Waals surface area contributed by atoms with Crippen LogP contribution in [0.3, 0.4) is 0 Å². The van der Waals surface area contributed by atoms with E-state index in [1.165, 1.54) is 12.3 Å². The number of sulfone groups is 1. The predicted molar refractivity (Wildman–Crippen MR) is 124 cm³/mol. The molecule has 0 saturated heterocycles. The maximum absolute atomic E-state index is 13.2. The largest absolute Gasteiger partial charge is 0.490 e. The van der Waals surface area contributed by atoms with Crippen LogP contribution < -0.4 is 10.9 Å². The minimum atomic E-state index is -5.44. The molecule has 0 aliphatic carbocycles. The number of alkyl halides is 3. The van der Waals surface area contributed by atoms with Gasteiger partial charge < -0.3 is 4.74 Å². The average molecular weight is 572 g/mol. The maximum atomic E-state index is 13.2. The number of nitrogens with zero attached hydrogens (tertiary/aromatic N) is 4. The molecule has 13 nitrogen and oxygen atoms in total. The molecular weight excluding hydrogens is 555 g/mol. The summed E-state index contributed by atoms with van der Waals surface area (Å²) in [4.78, 5) is 13.3. The van der Waals surface area contributed by atoms with Crippen LogP contribution in [0, 0.1) is 0 Å². The van der Waals surface area contributed by atoms with Gasteiger partial charge in [0, 0.05) is 28.9 Å². The van der Waals surface area contributed by atoms with Gasteiger partial charge in [-0.1, -0.05) is 30.3 Å². The molecule has 1 unspecified atom stereocenters. The van der Waals surface area contributed by atoms with Gasteiger partial charge in [0.05, 0.1) is 4.90 Å². The van der Waals surface area contributed by atoms with Crippen LogP contribution in [0.25, 0.3) is 33.3 Å². The molecule has 0 aliphatic heterocycles. The lowest BCUT2D eigenvalue weighted by atomic mass is 9.96. The Kier molecular flexibility index (Phi) is 6.91. The van der Waals surface area contributed by atoms with Gasteiger partial charge in [0.1, 0.15) is 10.6 Å². The van der Waals surface area contributed by atoms with E-state index < -0.39 is 53.8 Å². The Bertz CT molecular complexity index is 1740. The van der Waals surface area contributed by atoms with Gasteiger partial charge in [0.15, 0.2) is 21.9 Å². The molecule has 0 radical (unpaired) electrons. The first-order chi connectivity index (χ1) is 17.7. The van der Waals surface area contributed by atoms with Gasteiger partial charge in [-0.25, -0.2) is 31.9 Å². The number of benzene rings is 2. The van der Waals surface area contributed by atoms with Gasteiger partial charge >= 0.3 is 12.1 Å². The Hall–Kier alpha value is -4.00. The monoisotopic (exact) mass is 571 g/mol. The second-order valence-corrected chi connectivity index (χ2v) is 11.2. The van der Waals surface area contributed by atoms with E-state index >= 15 is 0 Å². The van der Waals surface area contributed by atoms with Crippen molar-refractivity contribution in [3.63, 3.8) is 0 Å². The number of pyridine rings is 1. The van der Waals surface area contributed by atoms with Crippen molar-refractivity contribution < 1.29 is 39.5 Å². The molecule has 2 aromatic carbocycles. The van der Waals surface area contributed by atoms with Crippen molar-refractivity contribution in [3.8, 4) is 22.5 Å². The van der Waals surface area contributed by atoms with Crippen molar-refractivity contribution >= 4 is 36.6 Å². The topological polar surface area (TPSA) is 214 Å². The first-order valence-corrected chi connectivity index (χ1v) is 13.4. The van der Waals surface area contributed by atoms with Crippen molar-refractivity contribution in [3.05, 3.63) is 48.8 Å². The highest BCUT2D eigenvalue weighted by Gasteiger charge is 2.43. The van der Waals surface area contributed by atoms with Crippen molar-refractivity contribution in [1.29, 1.82) is 0 Å². The number of carbonyl (C=O) groups is 1. The number of primary sulfonamides is 1. The number of aromatic amines is 1. The van der Waals surface area contributed by atoms with Crippen LogP contribution in [0.15, 0.2) is 58.6 Å². The second-order valence-electron chi connectivity index (χ2n) is 7.74. The minimum absolute atomic E-state index is 0.114. The molecule has 0 amide bonds. The van der Waals surface area contributed by atoms with Gasteiger partial charge in [0.2, 0.25) is 10.0 Å². The smallest absolute Gasteiger partial charge is 0.439 e. The third kappa shape index (κ3) is 5.32. The van der Waals surface area contributed by atoms with E-state index in [1.54, 1.807) is 30.5 Å². The van der Waals surface area contributed by atoms with Gasteiger partial charge in [-0.2, -0.15) is 13.2 Å². The molecule has 38 heavy (non-hydrogen) atoms. The number of tetrazole rings is 1. The number of aromatic nitrogens is 5. The molecule has 4 rings (SSSR count). The lowest BCUT2D eigenvalue weighted by Gasteiger charge is -2.19. The molecule has 200 valence electrons. The number of hydrogen-bond donors (Lipinski definition) is 3. The zero-order chi connectivity index (χ0) is 27.9. The van der Waals surface area contributed by atoms with Crippen LogP contribution in [-0.2, 0) is 29.4 Å². The zero-order valence-corrected chi connectivity index (χ0v) is 20.4. The van der Waals surface area contributed by atoms with Crippen molar-refractivity contribution in [1.82, 2.24) is 25.6 Å². The molecule has 4 aromatic rings. The van der Waals surface area contributed by atoms with Gasteiger partial charge in [-0.15, -0.1) is 5.10 Å². The van der Waals surface area contributed by atoms with E-state index in [2.05, 4.69) is 30.3 Å². The van der Waals surface area contributed by atoms with Crippen molar-refractivity contribution in [2.75, 3.05) is 5.75 Å². The van der Waals surface area contributed by atoms with E-state index in [0.29, 0.717) is 16.3 Å². The van der Waals surface area contributed by atoms with Crippen LogP contribution in [0.4, 0.5) is 13.2 Å². The summed E-state index contributed by atoms with van der Waals surface area (Å²) in [5.41, 5.74) is 5.45. The first-order valence-electron chi connectivity index (χ1n) is 10.2. The van der Waals surface area contributed by atoms with Crippen LogP contribution in [-0.4, -0.2) is 66.6 Å². The molecule has 1 atom stereocenters. The summed E-state index contributed by atoms with van der Waals surface area (Å²) >= 11 is 0. The normalized spacial score (nSPS) is 13.4. The van der Waals surface area contributed by atoms with E-state index in [-0.39, 0.29) is 17.0 Å². The average Bonchev–Trinajstić information content (AvgIpc) is 3.36. The summed E-state index contributed by atoms with van der Waals surface area (Å²) in [7, 11) is -9.73. The number of esters is 1. The molecule has 0 saturated carbocycles. The third-order valence-corrected chi connectivity index (χ3v) is 8.06. The van der Waals surface area contributed by atoms with E-state index in [4.69, 9.17) is 10.9 Å². The highest BCUT2D eigenvalue weighted by Crippen LogP contribution is 2.41. The number of rotatable bonds is 7. The quantitative estimate of drug-likeness (QED) is 0.209. The molecule has 0 bridgehead atoms. The molecule has 0 aliphatic rings. The Balaban J connectivity index is 1.96. The summed E-state index contributed by atoms with van der Waals surface area (Å²) in [6.45, 7) is 0. The number of ether oxygens (including phenoxy) is 1. The lowest BCUT2D eigenvalue weighted by Crippen LogP contribution is -2.39. The number of halogens is 3. The minimum Gasteiger partial charge on any atom is -0.439 e. The zero-order valence-electron chi connectivity index (χ0n) is 18.7. The number of H-pyrrole nitrogens is 1. The summed E-state index contributed by atoms with van der Waals surface area (Å²) in [6.07, 6.45) is -4.77. The predicted octanol–water partition coefficient (Wildman–Crippen LogP) is 0.893. The Morgan fingerprint density at radius 1 is 1.05 bits per heavy atom. The van der Waals surface area contributed by atoms with Crippen molar-refractivity contribution in [2.45, 2.75) is 22.2 Å². The highest BCUT2D eigenvalue weighted by atomic mass is 32.2. The summed E-state index contributed by atoms with van der Waals surface area (Å²) in [5, 5.41) is 19.6. The third-order valence-electron chi connectivity index (χ3n) is 5.16. The molecule has 2 aromatic heterocycles. The number of nitrogens with two attached hydrogens (primary N) is 2. The Labute approximate surface area is 212 Å². The maximum Gasteiger partial charge on any atom is 0.490 e. The number of sulfonamides is 1. The first kappa shape index (κ1) is 27.0. The Morgan fingerprint density at radius 3 is 2.39 bits per heavy atom. The fourth-order valence-electron chi connectivity index (χ4n) is 3.69. The van der Waals surface area contributed by atoms with Crippen LogP contribution in [0.1, 0.15) is 0 Å². The molecular formula is C20H16F3N7O6S2. The number of hydrogen-bond acceptors (Lipinski definition) is 11. The molecule has 18 heteroatoms. The second kappa shape index (κ2) is 9.71. The van der Waals surface area contributed by atoms with Gasteiger partial charge in [0.25, 0.3) is 0 Å². The van der Waals surface area contributed by atoms with E-state index in [0.717, 1.165) is 6.07 Å². The molecule has 0 spiro atoms. The summed E-state index contributed by atoms with van der Waals surface area (Å²) in [5.74, 6) is -4.42. The number of nitrogens with one attached hydrogen (secondary N) is 1. The summed E-state index contributed by atoms with van der Waals surface area (Å²) in [6, 6.07) is 9.03. The molecule has 5 N–H and O–H groups in total. The van der Waals surface area contributed by atoms with Gasteiger partial charge in [-0.3, -0.25) is 10.7 Å². The molecule has 0 fully saturated rings. The summed E-state index contributed by atoms with van der Waals surface area (Å²) < 4.78 is 93.4. The SMILES string of the molecule is NC(CS(=O)(=O)c1ccc(-c2cncc3ccccc23)c(-c2nnn[nH]2)c1S(N)(=O)=O)OC(=O)C(F)(F)F. The lowest BCUT2D eigenvalue weighted by molar-refractivity contribution is -0.203. The Morgan fingerprint density at radius 2 is 1.76 bits per heavy atom.